The molecule has 3 aromatic rings. The van der Waals surface area contributed by atoms with Gasteiger partial charge >= 0.3 is 0 Å². The average Bonchev–Trinajstić information content (AvgIpc) is 2.54. The van der Waals surface area contributed by atoms with Crippen LogP contribution in [0.25, 0.3) is 10.8 Å². The molecule has 2 nitrogen and oxygen atoms in total. The van der Waals surface area contributed by atoms with E-state index in [4.69, 9.17) is 4.74 Å². The fourth-order valence-corrected chi connectivity index (χ4v) is 2.36. The Labute approximate surface area is 118 Å². The Morgan fingerprint density at radius 3 is 2.15 bits per heavy atom. The van der Waals surface area contributed by atoms with Crippen molar-refractivity contribution in [2.24, 2.45) is 0 Å². The Balaban J connectivity index is 1.96. The zero-order valence-corrected chi connectivity index (χ0v) is 11.3. The maximum atomic E-state index is 10.5. The summed E-state index contributed by atoms with van der Waals surface area (Å²) in [5, 5.41) is 12.8. The van der Waals surface area contributed by atoms with E-state index in [-0.39, 0.29) is 0 Å². The van der Waals surface area contributed by atoms with Gasteiger partial charge in [-0.3, -0.25) is 0 Å². The third-order valence-corrected chi connectivity index (χ3v) is 3.52. The normalized spacial score (nSPS) is 12.3. The molecule has 1 atom stereocenters. The van der Waals surface area contributed by atoms with Crippen LogP contribution >= 0.6 is 0 Å². The van der Waals surface area contributed by atoms with Crippen molar-refractivity contribution in [3.8, 4) is 5.75 Å². The van der Waals surface area contributed by atoms with Crippen molar-refractivity contribution >= 4 is 10.8 Å². The summed E-state index contributed by atoms with van der Waals surface area (Å²) in [6, 6.07) is 21.7. The second-order valence-corrected chi connectivity index (χ2v) is 4.78. The lowest BCUT2D eigenvalue weighted by Gasteiger charge is -2.13. The Bertz CT molecular complexity index is 717. The van der Waals surface area contributed by atoms with Gasteiger partial charge in [-0.15, -0.1) is 0 Å². The number of fused-ring (bicyclic) bond motifs is 1. The van der Waals surface area contributed by atoms with Crippen molar-refractivity contribution < 1.29 is 9.84 Å². The molecule has 0 saturated carbocycles. The molecule has 0 bridgehead atoms. The average molecular weight is 264 g/mol. The number of benzene rings is 3. The van der Waals surface area contributed by atoms with Crippen molar-refractivity contribution in [3.05, 3.63) is 77.9 Å². The standard InChI is InChI=1S/C18H16O2/c1-20-17-10-8-14(9-11-17)18(19)16-7-6-13-4-2-3-5-15(13)12-16/h2-12,18-19H,1H3/t18-/m1/s1. The highest BCUT2D eigenvalue weighted by Crippen LogP contribution is 2.26. The van der Waals surface area contributed by atoms with E-state index in [0.717, 1.165) is 22.3 Å². The molecular weight excluding hydrogens is 248 g/mol. The highest BCUT2D eigenvalue weighted by Gasteiger charge is 2.10. The second kappa shape index (κ2) is 5.35. The maximum absolute atomic E-state index is 10.5. The van der Waals surface area contributed by atoms with E-state index in [0.29, 0.717) is 0 Å². The molecule has 0 spiro atoms. The summed E-state index contributed by atoms with van der Waals surface area (Å²) in [4.78, 5) is 0. The van der Waals surface area contributed by atoms with Crippen molar-refractivity contribution in [3.63, 3.8) is 0 Å². The van der Waals surface area contributed by atoms with Gasteiger partial charge in [0.1, 0.15) is 11.9 Å². The topological polar surface area (TPSA) is 29.5 Å². The highest BCUT2D eigenvalue weighted by atomic mass is 16.5. The summed E-state index contributed by atoms with van der Waals surface area (Å²) in [5.41, 5.74) is 1.76. The molecule has 0 heterocycles. The molecule has 0 amide bonds. The summed E-state index contributed by atoms with van der Waals surface area (Å²) in [5.74, 6) is 0.791. The Morgan fingerprint density at radius 1 is 0.800 bits per heavy atom. The van der Waals surface area contributed by atoms with Crippen LogP contribution in [0.5, 0.6) is 5.75 Å². The van der Waals surface area contributed by atoms with Crippen LogP contribution in [0.3, 0.4) is 0 Å². The number of hydrogen-bond acceptors (Lipinski definition) is 2. The smallest absolute Gasteiger partial charge is 0.118 e. The van der Waals surface area contributed by atoms with Gasteiger partial charge in [-0.1, -0.05) is 48.5 Å². The van der Waals surface area contributed by atoms with Crippen LogP contribution in [0.4, 0.5) is 0 Å². The minimum atomic E-state index is -0.620. The summed E-state index contributed by atoms with van der Waals surface area (Å²) < 4.78 is 5.13. The summed E-state index contributed by atoms with van der Waals surface area (Å²) in [6.07, 6.45) is -0.620. The molecule has 1 N–H and O–H groups in total. The number of ether oxygens (including phenoxy) is 1. The third-order valence-electron chi connectivity index (χ3n) is 3.52. The predicted octanol–water partition coefficient (Wildman–Crippen LogP) is 3.93. The first-order valence-corrected chi connectivity index (χ1v) is 6.58. The van der Waals surface area contributed by atoms with Gasteiger partial charge in [0, 0.05) is 0 Å². The van der Waals surface area contributed by atoms with Gasteiger partial charge in [0.05, 0.1) is 7.11 Å². The minimum Gasteiger partial charge on any atom is -0.497 e. The van der Waals surface area contributed by atoms with E-state index in [9.17, 15) is 5.11 Å². The van der Waals surface area contributed by atoms with Crippen molar-refractivity contribution in [1.82, 2.24) is 0 Å². The summed E-state index contributed by atoms with van der Waals surface area (Å²) in [7, 11) is 1.63. The molecule has 0 aliphatic carbocycles. The fourth-order valence-electron chi connectivity index (χ4n) is 2.36. The Hall–Kier alpha value is -2.32. The van der Waals surface area contributed by atoms with E-state index in [1.165, 1.54) is 5.39 Å². The van der Waals surface area contributed by atoms with Crippen molar-refractivity contribution in [2.75, 3.05) is 7.11 Å². The quantitative estimate of drug-likeness (QED) is 0.776. The number of methoxy groups -OCH3 is 1. The first kappa shape index (κ1) is 12.7. The van der Waals surface area contributed by atoms with Crippen molar-refractivity contribution in [2.45, 2.75) is 6.10 Å². The number of aliphatic hydroxyl groups excluding tert-OH is 1. The largest absolute Gasteiger partial charge is 0.497 e. The predicted molar refractivity (Wildman–Crippen MR) is 81.0 cm³/mol. The second-order valence-electron chi connectivity index (χ2n) is 4.78. The molecular formula is C18H16O2. The molecule has 0 unspecified atom stereocenters. The van der Waals surface area contributed by atoms with Gasteiger partial charge < -0.3 is 9.84 Å². The lowest BCUT2D eigenvalue weighted by molar-refractivity contribution is 0.220. The zero-order chi connectivity index (χ0) is 13.9. The molecule has 3 rings (SSSR count). The van der Waals surface area contributed by atoms with E-state index < -0.39 is 6.10 Å². The van der Waals surface area contributed by atoms with Gasteiger partial charge in [-0.05, 0) is 40.1 Å². The Kier molecular flexibility index (Phi) is 3.40. The van der Waals surface area contributed by atoms with Gasteiger partial charge in [0.15, 0.2) is 0 Å². The molecule has 0 aliphatic rings. The van der Waals surface area contributed by atoms with E-state index in [2.05, 4.69) is 12.1 Å². The number of rotatable bonds is 3. The zero-order valence-electron chi connectivity index (χ0n) is 11.3. The Morgan fingerprint density at radius 2 is 1.45 bits per heavy atom. The van der Waals surface area contributed by atoms with Crippen LogP contribution in [0, 0.1) is 0 Å². The van der Waals surface area contributed by atoms with Crippen LogP contribution in [0.2, 0.25) is 0 Å². The maximum Gasteiger partial charge on any atom is 0.118 e. The van der Waals surface area contributed by atoms with Crippen molar-refractivity contribution in [1.29, 1.82) is 0 Å². The van der Waals surface area contributed by atoms with Crippen LogP contribution < -0.4 is 4.74 Å². The van der Waals surface area contributed by atoms with Gasteiger partial charge in [-0.2, -0.15) is 0 Å². The summed E-state index contributed by atoms with van der Waals surface area (Å²) in [6.45, 7) is 0. The summed E-state index contributed by atoms with van der Waals surface area (Å²) >= 11 is 0. The van der Waals surface area contributed by atoms with Crippen LogP contribution in [-0.4, -0.2) is 12.2 Å². The first-order valence-electron chi connectivity index (χ1n) is 6.58. The van der Waals surface area contributed by atoms with E-state index >= 15 is 0 Å². The van der Waals surface area contributed by atoms with Gasteiger partial charge in [0.2, 0.25) is 0 Å². The molecule has 2 heteroatoms. The van der Waals surface area contributed by atoms with E-state index in [1.807, 2.05) is 54.6 Å². The van der Waals surface area contributed by atoms with Gasteiger partial charge in [0.25, 0.3) is 0 Å². The minimum absolute atomic E-state index is 0.620. The lowest BCUT2D eigenvalue weighted by atomic mass is 9.98. The SMILES string of the molecule is COc1ccc([C@@H](O)c2ccc3ccccc3c2)cc1. The fraction of sp³-hybridized carbons (Fsp3) is 0.111. The first-order chi connectivity index (χ1) is 9.78. The van der Waals surface area contributed by atoms with Crippen LogP contribution in [0.1, 0.15) is 17.2 Å². The molecule has 0 fully saturated rings. The lowest BCUT2D eigenvalue weighted by Crippen LogP contribution is -1.99. The molecule has 0 saturated heterocycles. The molecule has 0 aromatic heterocycles. The van der Waals surface area contributed by atoms with E-state index in [1.54, 1.807) is 7.11 Å². The molecule has 100 valence electrons. The van der Waals surface area contributed by atoms with Crippen LogP contribution in [-0.2, 0) is 0 Å². The third kappa shape index (κ3) is 2.38. The molecule has 20 heavy (non-hydrogen) atoms. The number of hydrogen-bond donors (Lipinski definition) is 1. The molecule has 3 aromatic carbocycles. The highest BCUT2D eigenvalue weighted by molar-refractivity contribution is 5.83. The molecule has 0 aliphatic heterocycles. The monoisotopic (exact) mass is 264 g/mol. The number of aliphatic hydroxyl groups is 1. The van der Waals surface area contributed by atoms with Crippen LogP contribution in [0.15, 0.2) is 66.7 Å². The van der Waals surface area contributed by atoms with Gasteiger partial charge in [-0.25, -0.2) is 0 Å². The molecule has 0 radical (unpaired) electrons.